The average molecular weight is 407 g/mol. The topological polar surface area (TPSA) is 66.8 Å². The number of phenols is 1. The number of benzene rings is 3. The molecule has 0 aliphatic heterocycles. The van der Waals surface area contributed by atoms with Crippen LogP contribution in [0.5, 0.6) is 11.5 Å². The molecule has 0 saturated carbocycles. The van der Waals surface area contributed by atoms with Gasteiger partial charge in [0.1, 0.15) is 18.1 Å². The molecule has 3 rings (SSSR count). The number of aliphatic hydroxyl groups excluding tert-OH is 1. The van der Waals surface area contributed by atoms with Crippen molar-refractivity contribution >= 4 is 18.0 Å². The minimum absolute atomic E-state index is 0.0450. The molecule has 0 aromatic heterocycles. The van der Waals surface area contributed by atoms with E-state index in [1.807, 2.05) is 61.5 Å². The normalized spacial score (nSPS) is 9.48. The van der Waals surface area contributed by atoms with Crippen molar-refractivity contribution in [1.82, 2.24) is 0 Å². The summed E-state index contributed by atoms with van der Waals surface area (Å²) in [6, 6.07) is 20.8. The number of aryl methyl sites for hydroxylation is 1. The van der Waals surface area contributed by atoms with Gasteiger partial charge in [-0.3, -0.25) is 4.79 Å². The lowest BCUT2D eigenvalue weighted by molar-refractivity contribution is -0.109. The number of phenolic OH excluding ortho intramolecular Hbond substituents is 1. The zero-order valence-corrected chi connectivity index (χ0v) is 17.1. The summed E-state index contributed by atoms with van der Waals surface area (Å²) in [6.07, 6.45) is 0.729. The Morgan fingerprint density at radius 2 is 1.66 bits per heavy atom. The number of hydrogen-bond acceptors (Lipinski definition) is 5. The summed E-state index contributed by atoms with van der Waals surface area (Å²) in [5, 5.41) is 17.0. The Labute approximate surface area is 175 Å². The van der Waals surface area contributed by atoms with Crippen molar-refractivity contribution in [3.05, 3.63) is 83.4 Å². The first-order chi connectivity index (χ1) is 14.1. The predicted octanol–water partition coefficient (Wildman–Crippen LogP) is 4.44. The predicted molar refractivity (Wildman–Crippen MR) is 116 cm³/mol. The molecule has 5 heteroatoms. The molecule has 0 radical (unpaired) electrons. The van der Waals surface area contributed by atoms with Crippen molar-refractivity contribution in [2.45, 2.75) is 16.7 Å². The largest absolute Gasteiger partial charge is 0.508 e. The van der Waals surface area contributed by atoms with Crippen molar-refractivity contribution in [2.75, 3.05) is 13.7 Å². The molecule has 0 atom stereocenters. The molecule has 148 valence electrons. The second-order valence-corrected chi connectivity index (χ2v) is 6.99. The minimum atomic E-state index is 0.0450. The smallest absolute Gasteiger partial charge is 0.157 e. The van der Waals surface area contributed by atoms with E-state index >= 15 is 0 Å². The quantitative estimate of drug-likeness (QED) is 0.484. The van der Waals surface area contributed by atoms with Crippen LogP contribution < -0.4 is 4.74 Å². The van der Waals surface area contributed by atoms with Gasteiger partial charge in [0.15, 0.2) is 6.29 Å². The fraction of sp³-hybridized carbons (Fsp3) is 0.125. The molecular formula is C24H22O4S. The Bertz CT molecular complexity index is 1000. The van der Waals surface area contributed by atoms with Gasteiger partial charge in [-0.25, -0.2) is 0 Å². The number of ether oxygens (including phenoxy) is 1. The Morgan fingerprint density at radius 3 is 2.34 bits per heavy atom. The number of aldehydes is 1. The molecule has 0 aliphatic carbocycles. The number of hydrogen-bond donors (Lipinski definition) is 2. The first-order valence-electron chi connectivity index (χ1n) is 8.85. The van der Waals surface area contributed by atoms with Crippen LogP contribution in [0.1, 0.15) is 16.7 Å². The van der Waals surface area contributed by atoms with Crippen molar-refractivity contribution in [3.63, 3.8) is 0 Å². The van der Waals surface area contributed by atoms with E-state index in [2.05, 4.69) is 11.8 Å². The summed E-state index contributed by atoms with van der Waals surface area (Å²) in [5.74, 6) is 7.07. The highest BCUT2D eigenvalue weighted by molar-refractivity contribution is 7.99. The molecule has 0 saturated heterocycles. The molecule has 0 spiro atoms. The van der Waals surface area contributed by atoms with Gasteiger partial charge >= 0.3 is 0 Å². The summed E-state index contributed by atoms with van der Waals surface area (Å²) < 4.78 is 5.37. The third kappa shape index (κ3) is 7.04. The van der Waals surface area contributed by atoms with Crippen LogP contribution in [-0.4, -0.2) is 30.2 Å². The lowest BCUT2D eigenvalue weighted by atomic mass is 10.2. The van der Waals surface area contributed by atoms with Crippen LogP contribution in [-0.2, 0) is 4.79 Å². The summed E-state index contributed by atoms with van der Waals surface area (Å²) in [5.41, 5.74) is 2.63. The van der Waals surface area contributed by atoms with Gasteiger partial charge in [0.25, 0.3) is 0 Å². The molecule has 0 unspecified atom stereocenters. The van der Waals surface area contributed by atoms with Gasteiger partial charge in [0, 0.05) is 28.0 Å². The SMILES string of the molecule is CO.Cc1cc(Sc2cc(O)cc(C#Cc3ccccc3)c2)ccc1OCC=O. The Hall–Kier alpha value is -3.20. The van der Waals surface area contributed by atoms with E-state index in [1.165, 1.54) is 11.8 Å². The van der Waals surface area contributed by atoms with Crippen LogP contribution in [0, 0.1) is 18.8 Å². The molecule has 4 nitrogen and oxygen atoms in total. The van der Waals surface area contributed by atoms with Crippen LogP contribution in [0.3, 0.4) is 0 Å². The highest BCUT2D eigenvalue weighted by Crippen LogP contribution is 2.33. The summed E-state index contributed by atoms with van der Waals surface area (Å²) in [7, 11) is 1.00. The summed E-state index contributed by atoms with van der Waals surface area (Å²) in [4.78, 5) is 12.4. The summed E-state index contributed by atoms with van der Waals surface area (Å²) in [6.45, 7) is 1.98. The molecule has 3 aromatic rings. The standard InChI is InChI=1S/C23H18O3S.CH4O/c1-17-13-21(9-10-23(17)26-12-11-24)27-22-15-19(14-20(25)16-22)8-7-18-5-3-2-4-6-18;1-2/h2-6,9-11,13-16,25H,12H2,1H3;2H,1H3. The lowest BCUT2D eigenvalue weighted by Gasteiger charge is -2.09. The molecule has 0 aliphatic rings. The van der Waals surface area contributed by atoms with Gasteiger partial charge in [-0.05, 0) is 61.0 Å². The van der Waals surface area contributed by atoms with Gasteiger partial charge in [-0.2, -0.15) is 0 Å². The Morgan fingerprint density at radius 1 is 0.931 bits per heavy atom. The Balaban J connectivity index is 0.00000145. The number of aliphatic hydroxyl groups is 1. The van der Waals surface area contributed by atoms with E-state index in [4.69, 9.17) is 9.84 Å². The van der Waals surface area contributed by atoms with Gasteiger partial charge in [-0.1, -0.05) is 41.8 Å². The maximum atomic E-state index is 10.4. The number of aromatic hydroxyl groups is 1. The third-order valence-electron chi connectivity index (χ3n) is 3.71. The van der Waals surface area contributed by atoms with E-state index in [0.29, 0.717) is 5.75 Å². The van der Waals surface area contributed by atoms with Gasteiger partial charge in [0.05, 0.1) is 0 Å². The molecule has 29 heavy (non-hydrogen) atoms. The van der Waals surface area contributed by atoms with Crippen molar-refractivity contribution in [1.29, 1.82) is 0 Å². The zero-order chi connectivity index (χ0) is 21.1. The molecule has 0 bridgehead atoms. The molecule has 0 amide bonds. The summed E-state index contributed by atoms with van der Waals surface area (Å²) >= 11 is 1.53. The molecule has 3 aromatic carbocycles. The second kappa shape index (κ2) is 11.6. The maximum Gasteiger partial charge on any atom is 0.157 e. The van der Waals surface area contributed by atoms with Crippen LogP contribution >= 0.6 is 11.8 Å². The van der Waals surface area contributed by atoms with Crippen molar-refractivity contribution < 1.29 is 19.7 Å². The van der Waals surface area contributed by atoms with E-state index in [-0.39, 0.29) is 12.4 Å². The highest BCUT2D eigenvalue weighted by atomic mass is 32.2. The van der Waals surface area contributed by atoms with Crippen LogP contribution in [0.4, 0.5) is 0 Å². The van der Waals surface area contributed by atoms with E-state index in [9.17, 15) is 9.90 Å². The maximum absolute atomic E-state index is 10.4. The van der Waals surface area contributed by atoms with E-state index in [1.54, 1.807) is 12.1 Å². The number of carbonyl (C=O) groups is 1. The molecular weight excluding hydrogens is 384 g/mol. The average Bonchev–Trinajstić information content (AvgIpc) is 2.73. The fourth-order valence-corrected chi connectivity index (χ4v) is 3.50. The number of carbonyl (C=O) groups excluding carboxylic acids is 1. The number of rotatable bonds is 5. The van der Waals surface area contributed by atoms with E-state index < -0.39 is 0 Å². The van der Waals surface area contributed by atoms with Crippen molar-refractivity contribution in [2.24, 2.45) is 0 Å². The van der Waals surface area contributed by atoms with Gasteiger partial charge in [0.2, 0.25) is 0 Å². The highest BCUT2D eigenvalue weighted by Gasteiger charge is 2.05. The van der Waals surface area contributed by atoms with Gasteiger partial charge < -0.3 is 14.9 Å². The monoisotopic (exact) mass is 406 g/mol. The van der Waals surface area contributed by atoms with Crippen LogP contribution in [0.25, 0.3) is 0 Å². The van der Waals surface area contributed by atoms with Crippen molar-refractivity contribution in [3.8, 4) is 23.3 Å². The molecule has 2 N–H and O–H groups in total. The third-order valence-corrected chi connectivity index (χ3v) is 4.67. The van der Waals surface area contributed by atoms with Gasteiger partial charge in [-0.15, -0.1) is 0 Å². The van der Waals surface area contributed by atoms with E-state index in [0.717, 1.165) is 39.9 Å². The molecule has 0 fully saturated rings. The molecule has 0 heterocycles. The second-order valence-electron chi connectivity index (χ2n) is 5.84. The first-order valence-corrected chi connectivity index (χ1v) is 9.66. The van der Waals surface area contributed by atoms with Crippen LogP contribution in [0.2, 0.25) is 0 Å². The minimum Gasteiger partial charge on any atom is -0.508 e. The zero-order valence-electron chi connectivity index (χ0n) is 16.3. The van der Waals surface area contributed by atoms with Crippen LogP contribution in [0.15, 0.2) is 76.5 Å². The fourth-order valence-electron chi connectivity index (χ4n) is 2.49. The lowest BCUT2D eigenvalue weighted by Crippen LogP contribution is -1.99. The first kappa shape index (κ1) is 22.1. The Kier molecular flexibility index (Phi) is 8.84.